The van der Waals surface area contributed by atoms with Gasteiger partial charge in [-0.1, -0.05) is 42.1 Å². The second-order valence-corrected chi connectivity index (χ2v) is 6.79. The van der Waals surface area contributed by atoms with Crippen LogP contribution >= 0.6 is 11.8 Å². The average molecular weight is 330 g/mol. The molecule has 0 bridgehead atoms. The van der Waals surface area contributed by atoms with Crippen molar-refractivity contribution in [2.45, 2.75) is 50.4 Å². The predicted molar refractivity (Wildman–Crippen MR) is 91.4 cm³/mol. The summed E-state index contributed by atoms with van der Waals surface area (Å²) in [7, 11) is 0. The Kier molecular flexibility index (Phi) is 5.00. The molecule has 1 aliphatic carbocycles. The van der Waals surface area contributed by atoms with Crippen LogP contribution in [0.15, 0.2) is 35.5 Å². The summed E-state index contributed by atoms with van der Waals surface area (Å²) in [5, 5.41) is 12.4. The van der Waals surface area contributed by atoms with Crippen LogP contribution in [0.4, 0.5) is 0 Å². The molecule has 0 unspecified atom stereocenters. The molecule has 23 heavy (non-hydrogen) atoms. The lowest BCUT2D eigenvalue weighted by Gasteiger charge is -2.14. The van der Waals surface area contributed by atoms with Crippen molar-refractivity contribution in [2.75, 3.05) is 5.75 Å². The zero-order valence-corrected chi connectivity index (χ0v) is 14.3. The van der Waals surface area contributed by atoms with Crippen molar-refractivity contribution >= 4 is 17.7 Å². The fourth-order valence-electron chi connectivity index (χ4n) is 2.59. The van der Waals surface area contributed by atoms with Crippen molar-refractivity contribution in [3.8, 4) is 0 Å². The SMILES string of the molecule is CCn1c(SCC(=O)N[C@H](C)c2ccccc2)nnc1C1CC1. The number of aromatic nitrogens is 3. The highest BCUT2D eigenvalue weighted by atomic mass is 32.2. The summed E-state index contributed by atoms with van der Waals surface area (Å²) in [6, 6.07) is 9.99. The first-order valence-electron chi connectivity index (χ1n) is 8.09. The second kappa shape index (κ2) is 7.17. The Morgan fingerprint density at radius 1 is 1.35 bits per heavy atom. The van der Waals surface area contributed by atoms with Crippen LogP contribution in [0.1, 0.15) is 50.0 Å². The highest BCUT2D eigenvalue weighted by Gasteiger charge is 2.30. The maximum atomic E-state index is 12.2. The van der Waals surface area contributed by atoms with Crippen molar-refractivity contribution in [2.24, 2.45) is 0 Å². The molecule has 1 fully saturated rings. The molecular formula is C17H22N4OS. The van der Waals surface area contributed by atoms with Crippen molar-refractivity contribution in [3.63, 3.8) is 0 Å². The zero-order chi connectivity index (χ0) is 16.2. The summed E-state index contributed by atoms with van der Waals surface area (Å²) in [5.74, 6) is 2.03. The van der Waals surface area contributed by atoms with Gasteiger partial charge in [0.05, 0.1) is 11.8 Å². The normalized spacial score (nSPS) is 15.4. The number of rotatable bonds is 7. The molecule has 1 amide bonds. The molecule has 122 valence electrons. The molecule has 6 heteroatoms. The smallest absolute Gasteiger partial charge is 0.230 e. The Balaban J connectivity index is 1.55. The maximum absolute atomic E-state index is 12.2. The molecule has 2 aromatic rings. The number of amides is 1. The zero-order valence-electron chi connectivity index (χ0n) is 13.5. The number of nitrogens with zero attached hydrogens (tertiary/aromatic N) is 3. The van der Waals surface area contributed by atoms with E-state index < -0.39 is 0 Å². The van der Waals surface area contributed by atoms with Gasteiger partial charge >= 0.3 is 0 Å². The lowest BCUT2D eigenvalue weighted by Crippen LogP contribution is -2.28. The minimum Gasteiger partial charge on any atom is -0.349 e. The third-order valence-electron chi connectivity index (χ3n) is 4.01. The van der Waals surface area contributed by atoms with E-state index in [9.17, 15) is 4.79 Å². The first-order chi connectivity index (χ1) is 11.2. The van der Waals surface area contributed by atoms with Crippen LogP contribution in [0.25, 0.3) is 0 Å². The van der Waals surface area contributed by atoms with Gasteiger partial charge in [0, 0.05) is 12.5 Å². The molecular weight excluding hydrogens is 308 g/mol. The van der Waals surface area contributed by atoms with Crippen LogP contribution in [-0.2, 0) is 11.3 Å². The number of benzene rings is 1. The number of hydrogen-bond acceptors (Lipinski definition) is 4. The van der Waals surface area contributed by atoms with Crippen molar-refractivity contribution in [3.05, 3.63) is 41.7 Å². The molecule has 5 nitrogen and oxygen atoms in total. The highest BCUT2D eigenvalue weighted by molar-refractivity contribution is 7.99. The monoisotopic (exact) mass is 330 g/mol. The maximum Gasteiger partial charge on any atom is 0.230 e. The van der Waals surface area contributed by atoms with Gasteiger partial charge in [-0.05, 0) is 32.3 Å². The predicted octanol–water partition coefficient (Wildman–Crippen LogP) is 3.14. The third kappa shape index (κ3) is 3.93. The van der Waals surface area contributed by atoms with Gasteiger partial charge in [-0.15, -0.1) is 10.2 Å². The number of thioether (sulfide) groups is 1. The number of hydrogen-bond donors (Lipinski definition) is 1. The molecule has 1 saturated carbocycles. The molecule has 1 atom stereocenters. The van der Waals surface area contributed by atoms with Gasteiger partial charge in [-0.25, -0.2) is 0 Å². The summed E-state index contributed by atoms with van der Waals surface area (Å²) in [6.07, 6.45) is 2.41. The average Bonchev–Trinajstić information content (AvgIpc) is 3.33. The molecule has 3 rings (SSSR count). The van der Waals surface area contributed by atoms with Crippen molar-refractivity contribution in [1.29, 1.82) is 0 Å². The van der Waals surface area contributed by atoms with Crippen LogP contribution in [-0.4, -0.2) is 26.4 Å². The Bertz CT molecular complexity index is 666. The third-order valence-corrected chi connectivity index (χ3v) is 4.98. The van der Waals surface area contributed by atoms with Gasteiger partial charge < -0.3 is 9.88 Å². The minimum atomic E-state index is 0.00960. The Labute approximate surface area is 140 Å². The largest absolute Gasteiger partial charge is 0.349 e. The Morgan fingerprint density at radius 2 is 2.09 bits per heavy atom. The summed E-state index contributed by atoms with van der Waals surface area (Å²) in [5.41, 5.74) is 1.11. The molecule has 1 aliphatic rings. The second-order valence-electron chi connectivity index (χ2n) is 5.85. The lowest BCUT2D eigenvalue weighted by atomic mass is 10.1. The van der Waals surface area contributed by atoms with E-state index in [-0.39, 0.29) is 11.9 Å². The number of carbonyl (C=O) groups is 1. The fourth-order valence-corrected chi connectivity index (χ4v) is 3.41. The molecule has 1 heterocycles. The molecule has 0 aliphatic heterocycles. The molecule has 1 aromatic heterocycles. The number of carbonyl (C=O) groups excluding carboxylic acids is 1. The van der Waals surface area contributed by atoms with Gasteiger partial charge in [0.25, 0.3) is 0 Å². The van der Waals surface area contributed by atoms with E-state index >= 15 is 0 Å². The molecule has 1 aromatic carbocycles. The molecule has 1 N–H and O–H groups in total. The Morgan fingerprint density at radius 3 is 2.74 bits per heavy atom. The standard InChI is InChI=1S/C17H22N4OS/c1-3-21-16(14-9-10-14)19-20-17(21)23-11-15(22)18-12(2)13-7-5-4-6-8-13/h4-8,12,14H,3,9-11H2,1-2H3,(H,18,22)/t12-/m1/s1. The van der Waals surface area contributed by atoms with E-state index in [4.69, 9.17) is 0 Å². The van der Waals surface area contributed by atoms with E-state index in [1.165, 1.54) is 24.6 Å². The first-order valence-corrected chi connectivity index (χ1v) is 9.07. The summed E-state index contributed by atoms with van der Waals surface area (Å²) in [4.78, 5) is 12.2. The Hall–Kier alpha value is -1.82. The van der Waals surface area contributed by atoms with Gasteiger partial charge in [0.2, 0.25) is 5.91 Å². The van der Waals surface area contributed by atoms with Crippen LogP contribution in [0.3, 0.4) is 0 Å². The minimum absolute atomic E-state index is 0.00960. The summed E-state index contributed by atoms with van der Waals surface area (Å²) < 4.78 is 2.14. The van der Waals surface area contributed by atoms with Gasteiger partial charge in [0.15, 0.2) is 5.16 Å². The van der Waals surface area contributed by atoms with Gasteiger partial charge in [-0.2, -0.15) is 0 Å². The van der Waals surface area contributed by atoms with Crippen molar-refractivity contribution < 1.29 is 4.79 Å². The molecule has 0 saturated heterocycles. The quantitative estimate of drug-likeness (QED) is 0.792. The van der Waals surface area contributed by atoms with Gasteiger partial charge in [-0.3, -0.25) is 4.79 Å². The fraction of sp³-hybridized carbons (Fsp3) is 0.471. The molecule has 0 spiro atoms. The van der Waals surface area contributed by atoms with Crippen LogP contribution < -0.4 is 5.32 Å². The highest BCUT2D eigenvalue weighted by Crippen LogP contribution is 2.39. The molecule has 0 radical (unpaired) electrons. The van der Waals surface area contributed by atoms with Gasteiger partial charge in [0.1, 0.15) is 5.82 Å². The summed E-state index contributed by atoms with van der Waals surface area (Å²) in [6.45, 7) is 4.94. The van der Waals surface area contributed by atoms with E-state index in [2.05, 4.69) is 27.0 Å². The van der Waals surface area contributed by atoms with Crippen LogP contribution in [0.5, 0.6) is 0 Å². The van der Waals surface area contributed by atoms with E-state index in [0.717, 1.165) is 23.1 Å². The van der Waals surface area contributed by atoms with Crippen molar-refractivity contribution in [1.82, 2.24) is 20.1 Å². The van der Waals surface area contributed by atoms with E-state index in [0.29, 0.717) is 11.7 Å². The first kappa shape index (κ1) is 16.1. The van der Waals surface area contributed by atoms with Crippen LogP contribution in [0.2, 0.25) is 0 Å². The number of nitrogens with one attached hydrogen (secondary N) is 1. The lowest BCUT2D eigenvalue weighted by molar-refractivity contribution is -0.119. The topological polar surface area (TPSA) is 59.8 Å². The summed E-state index contributed by atoms with van der Waals surface area (Å²) >= 11 is 1.46. The van der Waals surface area contributed by atoms with Crippen LogP contribution in [0, 0.1) is 0 Å². The van der Waals surface area contributed by atoms with E-state index in [1.54, 1.807) is 0 Å². The van der Waals surface area contributed by atoms with E-state index in [1.807, 2.05) is 37.3 Å².